The Labute approximate surface area is 235 Å². The highest BCUT2D eigenvalue weighted by atomic mass is 32.1. The summed E-state index contributed by atoms with van der Waals surface area (Å²) in [5.41, 5.74) is 8.03. The Morgan fingerprint density at radius 1 is 1.05 bits per heavy atom. The average molecular weight is 551 g/mol. The summed E-state index contributed by atoms with van der Waals surface area (Å²) in [6, 6.07) is 19.2. The van der Waals surface area contributed by atoms with Crippen molar-refractivity contribution >= 4 is 27.5 Å². The molecule has 2 aliphatic rings. The quantitative estimate of drug-likeness (QED) is 0.196. The van der Waals surface area contributed by atoms with Crippen LogP contribution in [0.25, 0.3) is 31.9 Å². The number of carbonyl (C=O) groups is 1. The van der Waals surface area contributed by atoms with Gasteiger partial charge < -0.3 is 9.47 Å². The van der Waals surface area contributed by atoms with E-state index in [9.17, 15) is 9.18 Å². The van der Waals surface area contributed by atoms with Crippen LogP contribution in [0.15, 0.2) is 73.1 Å². The number of fused-ring (bicyclic) bond motifs is 4. The minimum absolute atomic E-state index is 0.00841. The summed E-state index contributed by atoms with van der Waals surface area (Å²) < 4.78 is 27.3. The SMILES string of the molecule is CCOC(=O)[C@H]1[C@@H]2Cc3cc(OCc4cc(-c5ccc6nc(-c7ccncc7)sc6c5C)ccc4F)ccc3[C@@H]21. The number of hydrogen-bond donors (Lipinski definition) is 0. The lowest BCUT2D eigenvalue weighted by molar-refractivity contribution is -0.145. The van der Waals surface area contributed by atoms with Crippen molar-refractivity contribution in [2.75, 3.05) is 6.61 Å². The number of pyridine rings is 1. The summed E-state index contributed by atoms with van der Waals surface area (Å²) in [6.07, 6.45) is 4.40. The molecule has 0 radical (unpaired) electrons. The van der Waals surface area contributed by atoms with E-state index >= 15 is 0 Å². The van der Waals surface area contributed by atoms with Gasteiger partial charge in [-0.3, -0.25) is 9.78 Å². The first-order chi connectivity index (χ1) is 19.5. The summed E-state index contributed by atoms with van der Waals surface area (Å²) in [5, 5.41) is 0.953. The maximum atomic E-state index is 14.9. The standard InChI is InChI=1S/C33H27FN2O3S/c1-3-38-33(37)30-26-16-21-15-23(5-6-25(21)29(26)30)39-17-22-14-20(4-8-27(22)34)24-7-9-28-31(18(24)2)40-32(36-28)19-10-12-35-13-11-19/h4-15,26,29-30H,3,16-17H2,1-2H3/t26-,29+,30+/m1/s1. The van der Waals surface area contributed by atoms with Gasteiger partial charge in [0.2, 0.25) is 0 Å². The zero-order valence-electron chi connectivity index (χ0n) is 22.2. The molecule has 1 saturated carbocycles. The van der Waals surface area contributed by atoms with E-state index in [0.717, 1.165) is 43.9 Å². The molecule has 3 aromatic carbocycles. The van der Waals surface area contributed by atoms with Crippen LogP contribution in [0, 0.1) is 24.6 Å². The van der Waals surface area contributed by atoms with Crippen LogP contribution in [-0.4, -0.2) is 22.5 Å². The highest BCUT2D eigenvalue weighted by Crippen LogP contribution is 2.62. The van der Waals surface area contributed by atoms with Gasteiger partial charge in [-0.05, 0) is 96.5 Å². The van der Waals surface area contributed by atoms with E-state index in [1.54, 1.807) is 23.7 Å². The number of nitrogens with zero attached hydrogens (tertiary/aromatic N) is 2. The number of esters is 1. The fourth-order valence-electron chi connectivity index (χ4n) is 6.11. The van der Waals surface area contributed by atoms with Gasteiger partial charge in [-0.15, -0.1) is 11.3 Å². The Morgan fingerprint density at radius 3 is 2.73 bits per heavy atom. The van der Waals surface area contributed by atoms with E-state index in [4.69, 9.17) is 14.5 Å². The summed E-state index contributed by atoms with van der Waals surface area (Å²) in [4.78, 5) is 21.1. The van der Waals surface area contributed by atoms with Crippen LogP contribution >= 0.6 is 11.3 Å². The number of aromatic nitrogens is 2. The first-order valence-electron chi connectivity index (χ1n) is 13.5. The van der Waals surface area contributed by atoms with Crippen molar-refractivity contribution in [2.45, 2.75) is 32.8 Å². The van der Waals surface area contributed by atoms with Gasteiger partial charge in [-0.25, -0.2) is 9.37 Å². The maximum Gasteiger partial charge on any atom is 0.309 e. The molecule has 5 nitrogen and oxygen atoms in total. The van der Waals surface area contributed by atoms with Gasteiger partial charge in [-0.1, -0.05) is 18.2 Å². The van der Waals surface area contributed by atoms with Crippen LogP contribution < -0.4 is 4.74 Å². The molecular formula is C33H27FN2O3S. The van der Waals surface area contributed by atoms with E-state index in [-0.39, 0.29) is 30.2 Å². The number of thiazole rings is 1. The molecule has 0 N–H and O–H groups in total. The summed E-state index contributed by atoms with van der Waals surface area (Å²) in [7, 11) is 0. The first kappa shape index (κ1) is 24.9. The van der Waals surface area contributed by atoms with Crippen molar-refractivity contribution < 1.29 is 18.7 Å². The molecule has 0 unspecified atom stereocenters. The Morgan fingerprint density at radius 2 is 1.90 bits per heavy atom. The van der Waals surface area contributed by atoms with Gasteiger partial charge in [-0.2, -0.15) is 0 Å². The molecule has 40 heavy (non-hydrogen) atoms. The number of aryl methyl sites for hydroxylation is 1. The highest BCUT2D eigenvalue weighted by molar-refractivity contribution is 7.21. The molecule has 200 valence electrons. The minimum atomic E-state index is -0.292. The van der Waals surface area contributed by atoms with Gasteiger partial charge in [0.05, 0.1) is 22.7 Å². The van der Waals surface area contributed by atoms with Crippen molar-refractivity contribution in [1.29, 1.82) is 0 Å². The third-order valence-corrected chi connectivity index (χ3v) is 9.38. The van der Waals surface area contributed by atoms with Crippen LogP contribution in [-0.2, 0) is 22.6 Å². The molecule has 0 spiro atoms. The van der Waals surface area contributed by atoms with Gasteiger partial charge in [0, 0.05) is 29.4 Å². The second-order valence-corrected chi connectivity index (χ2v) is 11.5. The lowest BCUT2D eigenvalue weighted by atomic mass is 9.98. The van der Waals surface area contributed by atoms with Crippen molar-refractivity contribution in [2.24, 2.45) is 11.8 Å². The van der Waals surface area contributed by atoms with Crippen LogP contribution in [0.4, 0.5) is 4.39 Å². The van der Waals surface area contributed by atoms with E-state index < -0.39 is 0 Å². The Hall–Kier alpha value is -4.10. The Balaban J connectivity index is 1.10. The molecule has 0 saturated heterocycles. The number of benzene rings is 3. The van der Waals surface area contributed by atoms with Crippen LogP contribution in [0.2, 0.25) is 0 Å². The molecule has 0 aliphatic heterocycles. The lowest BCUT2D eigenvalue weighted by Gasteiger charge is -2.13. The summed E-state index contributed by atoms with van der Waals surface area (Å²) in [5.74, 6) is 0.919. The molecular weight excluding hydrogens is 523 g/mol. The number of carbonyl (C=O) groups excluding carboxylic acids is 1. The molecule has 3 atom stereocenters. The Kier molecular flexibility index (Phi) is 6.12. The molecule has 0 amide bonds. The lowest BCUT2D eigenvalue weighted by Crippen LogP contribution is -2.11. The number of ether oxygens (including phenoxy) is 2. The van der Waals surface area contributed by atoms with Crippen molar-refractivity contribution in [3.8, 4) is 27.4 Å². The van der Waals surface area contributed by atoms with E-state index in [1.807, 2.05) is 49.4 Å². The van der Waals surface area contributed by atoms with Gasteiger partial charge in [0.25, 0.3) is 0 Å². The zero-order chi connectivity index (χ0) is 27.4. The molecule has 7 heteroatoms. The molecule has 1 fully saturated rings. The molecule has 2 aromatic heterocycles. The van der Waals surface area contributed by atoms with E-state index in [2.05, 4.69) is 24.0 Å². The topological polar surface area (TPSA) is 61.3 Å². The summed E-state index contributed by atoms with van der Waals surface area (Å²) >= 11 is 1.65. The molecule has 2 aliphatic carbocycles. The van der Waals surface area contributed by atoms with E-state index in [1.165, 1.54) is 17.2 Å². The Bertz CT molecular complexity index is 1770. The molecule has 2 heterocycles. The number of rotatable bonds is 7. The van der Waals surface area contributed by atoms with E-state index in [0.29, 0.717) is 23.8 Å². The normalized spacial score (nSPS) is 18.8. The summed E-state index contributed by atoms with van der Waals surface area (Å²) in [6.45, 7) is 4.48. The average Bonchev–Trinajstić information content (AvgIpc) is 3.31. The zero-order valence-corrected chi connectivity index (χ0v) is 23.0. The molecule has 5 aromatic rings. The van der Waals surface area contributed by atoms with Gasteiger partial charge >= 0.3 is 5.97 Å². The largest absolute Gasteiger partial charge is 0.489 e. The smallest absolute Gasteiger partial charge is 0.309 e. The third-order valence-electron chi connectivity index (χ3n) is 8.14. The van der Waals surface area contributed by atoms with Crippen molar-refractivity contribution in [3.63, 3.8) is 0 Å². The monoisotopic (exact) mass is 550 g/mol. The fraction of sp³-hybridized carbons (Fsp3) is 0.242. The van der Waals surface area contributed by atoms with Crippen LogP contribution in [0.5, 0.6) is 5.75 Å². The maximum absolute atomic E-state index is 14.9. The van der Waals surface area contributed by atoms with Crippen molar-refractivity contribution in [1.82, 2.24) is 9.97 Å². The predicted octanol–water partition coefficient (Wildman–Crippen LogP) is 7.50. The second-order valence-electron chi connectivity index (χ2n) is 10.5. The van der Waals surface area contributed by atoms with Gasteiger partial charge in [0.1, 0.15) is 23.2 Å². The van der Waals surface area contributed by atoms with Crippen LogP contribution in [0.3, 0.4) is 0 Å². The predicted molar refractivity (Wildman–Crippen MR) is 154 cm³/mol. The van der Waals surface area contributed by atoms with Crippen LogP contribution in [0.1, 0.15) is 35.1 Å². The molecule has 0 bridgehead atoms. The number of hydrogen-bond acceptors (Lipinski definition) is 6. The van der Waals surface area contributed by atoms with Gasteiger partial charge in [0.15, 0.2) is 0 Å². The third kappa shape index (κ3) is 4.25. The first-order valence-corrected chi connectivity index (χ1v) is 14.3. The fourth-order valence-corrected chi connectivity index (χ4v) is 7.18. The number of halogens is 1. The second kappa shape index (κ2) is 9.82. The molecule has 7 rings (SSSR count). The van der Waals surface area contributed by atoms with Crippen molar-refractivity contribution in [3.05, 3.63) is 101 Å². The minimum Gasteiger partial charge on any atom is -0.489 e. The highest BCUT2D eigenvalue weighted by Gasteiger charge is 2.60.